The third-order valence-corrected chi connectivity index (χ3v) is 4.80. The minimum absolute atomic E-state index is 0.355. The Morgan fingerprint density at radius 2 is 2.16 bits per heavy atom. The number of para-hydroxylation sites is 1. The molecule has 2 aliphatic heterocycles. The van der Waals surface area contributed by atoms with Crippen molar-refractivity contribution in [1.29, 1.82) is 0 Å². The van der Waals surface area contributed by atoms with E-state index in [-0.39, 0.29) is 0 Å². The number of ether oxygens (including phenoxy) is 1. The van der Waals surface area contributed by atoms with Crippen LogP contribution in [0.2, 0.25) is 0 Å². The molecule has 0 N–H and O–H groups in total. The highest BCUT2D eigenvalue weighted by Gasteiger charge is 2.28. The van der Waals surface area contributed by atoms with Gasteiger partial charge in [-0.05, 0) is 37.4 Å². The first-order valence-electron chi connectivity index (χ1n) is 7.41. The molecule has 0 aliphatic carbocycles. The van der Waals surface area contributed by atoms with Gasteiger partial charge in [-0.15, -0.1) is 0 Å². The SMILES string of the molecule is BrCCC1CCCCN1CC1Cc2ccccc2O1. The lowest BCUT2D eigenvalue weighted by Gasteiger charge is -2.36. The smallest absolute Gasteiger partial charge is 0.123 e. The van der Waals surface area contributed by atoms with Crippen LogP contribution < -0.4 is 4.74 Å². The Morgan fingerprint density at radius 1 is 1.26 bits per heavy atom. The summed E-state index contributed by atoms with van der Waals surface area (Å²) in [6, 6.07) is 9.22. The zero-order valence-corrected chi connectivity index (χ0v) is 12.9. The third kappa shape index (κ3) is 3.14. The summed E-state index contributed by atoms with van der Waals surface area (Å²) in [6.45, 7) is 2.33. The largest absolute Gasteiger partial charge is 0.488 e. The number of fused-ring (bicyclic) bond motifs is 1. The molecule has 0 amide bonds. The summed E-state index contributed by atoms with van der Waals surface area (Å²) in [5, 5.41) is 1.11. The molecule has 19 heavy (non-hydrogen) atoms. The van der Waals surface area contributed by atoms with E-state index in [0.29, 0.717) is 6.10 Å². The average Bonchev–Trinajstić information content (AvgIpc) is 2.83. The molecule has 3 heteroatoms. The molecule has 1 aromatic rings. The quantitative estimate of drug-likeness (QED) is 0.784. The average molecular weight is 324 g/mol. The van der Waals surface area contributed by atoms with Crippen molar-refractivity contribution < 1.29 is 4.74 Å². The normalized spacial score (nSPS) is 27.0. The number of halogens is 1. The number of nitrogens with zero attached hydrogens (tertiary/aromatic N) is 1. The van der Waals surface area contributed by atoms with Crippen LogP contribution >= 0.6 is 15.9 Å². The fourth-order valence-electron chi connectivity index (χ4n) is 3.37. The van der Waals surface area contributed by atoms with Gasteiger partial charge < -0.3 is 4.74 Å². The van der Waals surface area contributed by atoms with Crippen LogP contribution in [0, 0.1) is 0 Å². The number of hydrogen-bond acceptors (Lipinski definition) is 2. The molecule has 2 unspecified atom stereocenters. The van der Waals surface area contributed by atoms with Crippen molar-refractivity contribution in [2.45, 2.75) is 44.2 Å². The van der Waals surface area contributed by atoms with Gasteiger partial charge in [-0.25, -0.2) is 0 Å². The lowest BCUT2D eigenvalue weighted by atomic mass is 9.99. The van der Waals surface area contributed by atoms with Gasteiger partial charge in [-0.2, -0.15) is 0 Å². The Morgan fingerprint density at radius 3 is 3.00 bits per heavy atom. The number of hydrogen-bond donors (Lipinski definition) is 0. The lowest BCUT2D eigenvalue weighted by molar-refractivity contribution is 0.0888. The van der Waals surface area contributed by atoms with E-state index in [4.69, 9.17) is 4.74 Å². The Kier molecular flexibility index (Phi) is 4.44. The van der Waals surface area contributed by atoms with Crippen LogP contribution in [0.3, 0.4) is 0 Å². The molecule has 2 heterocycles. The van der Waals surface area contributed by atoms with Gasteiger partial charge in [0.25, 0.3) is 0 Å². The van der Waals surface area contributed by atoms with Crippen LogP contribution in [0.1, 0.15) is 31.2 Å². The van der Waals surface area contributed by atoms with Gasteiger partial charge in [0.2, 0.25) is 0 Å². The highest BCUT2D eigenvalue weighted by molar-refractivity contribution is 9.09. The van der Waals surface area contributed by atoms with Gasteiger partial charge >= 0.3 is 0 Å². The molecule has 0 bridgehead atoms. The van der Waals surface area contributed by atoms with E-state index < -0.39 is 0 Å². The summed E-state index contributed by atoms with van der Waals surface area (Å²) >= 11 is 3.59. The summed E-state index contributed by atoms with van der Waals surface area (Å²) in [7, 11) is 0. The van der Waals surface area contributed by atoms with Crippen molar-refractivity contribution in [3.05, 3.63) is 29.8 Å². The maximum absolute atomic E-state index is 6.08. The van der Waals surface area contributed by atoms with Gasteiger partial charge in [-0.3, -0.25) is 4.90 Å². The van der Waals surface area contributed by atoms with Crippen LogP contribution in [0.4, 0.5) is 0 Å². The molecular formula is C16H22BrNO. The first-order valence-corrected chi connectivity index (χ1v) is 8.53. The Hall–Kier alpha value is -0.540. The molecule has 2 nitrogen and oxygen atoms in total. The lowest BCUT2D eigenvalue weighted by Crippen LogP contribution is -2.45. The molecule has 0 spiro atoms. The maximum Gasteiger partial charge on any atom is 0.123 e. The number of rotatable bonds is 4. The first kappa shape index (κ1) is 13.4. The van der Waals surface area contributed by atoms with E-state index in [1.807, 2.05) is 0 Å². The summed E-state index contributed by atoms with van der Waals surface area (Å²) in [4.78, 5) is 2.65. The Bertz CT molecular complexity index is 396. The zero-order valence-electron chi connectivity index (χ0n) is 11.4. The Balaban J connectivity index is 1.60. The van der Waals surface area contributed by atoms with Crippen molar-refractivity contribution in [3.63, 3.8) is 0 Å². The molecular weight excluding hydrogens is 302 g/mol. The fraction of sp³-hybridized carbons (Fsp3) is 0.625. The standard InChI is InChI=1S/C16H22BrNO/c17-9-8-14-6-3-4-10-18(14)12-15-11-13-5-1-2-7-16(13)19-15/h1-2,5,7,14-15H,3-4,6,8-12H2. The predicted octanol–water partition coefficient (Wildman–Crippen LogP) is 3.63. The maximum atomic E-state index is 6.08. The summed E-state index contributed by atoms with van der Waals surface area (Å²) < 4.78 is 6.08. The van der Waals surface area contributed by atoms with Crippen molar-refractivity contribution in [2.24, 2.45) is 0 Å². The van der Waals surface area contributed by atoms with Crippen molar-refractivity contribution in [2.75, 3.05) is 18.4 Å². The molecule has 0 aromatic heterocycles. The molecule has 1 fully saturated rings. The van der Waals surface area contributed by atoms with Crippen LogP contribution in [-0.4, -0.2) is 35.5 Å². The third-order valence-electron chi connectivity index (χ3n) is 4.34. The molecule has 104 valence electrons. The summed E-state index contributed by atoms with van der Waals surface area (Å²) in [5.74, 6) is 1.10. The Labute approximate surface area is 124 Å². The van der Waals surface area contributed by atoms with Crippen LogP contribution in [0.5, 0.6) is 5.75 Å². The second kappa shape index (κ2) is 6.27. The molecule has 1 aromatic carbocycles. The molecule has 0 radical (unpaired) electrons. The van der Waals surface area contributed by atoms with Crippen LogP contribution in [0.25, 0.3) is 0 Å². The van der Waals surface area contributed by atoms with Gasteiger partial charge in [0.15, 0.2) is 0 Å². The summed E-state index contributed by atoms with van der Waals surface area (Å²) in [5.41, 5.74) is 1.38. The second-order valence-corrected chi connectivity index (χ2v) is 6.47. The minimum atomic E-state index is 0.355. The van der Waals surface area contributed by atoms with Gasteiger partial charge in [0.1, 0.15) is 11.9 Å². The second-order valence-electron chi connectivity index (χ2n) is 5.67. The molecule has 3 rings (SSSR count). The number of piperidine rings is 1. The van der Waals surface area contributed by atoms with Crippen molar-refractivity contribution in [3.8, 4) is 5.75 Å². The van der Waals surface area contributed by atoms with E-state index in [9.17, 15) is 0 Å². The van der Waals surface area contributed by atoms with Gasteiger partial charge in [0, 0.05) is 24.3 Å². The number of alkyl halides is 1. The highest BCUT2D eigenvalue weighted by atomic mass is 79.9. The van der Waals surface area contributed by atoms with Crippen molar-refractivity contribution >= 4 is 15.9 Å². The molecule has 1 saturated heterocycles. The number of likely N-dealkylation sites (tertiary alicyclic amines) is 1. The monoisotopic (exact) mass is 323 g/mol. The van der Waals surface area contributed by atoms with Crippen molar-refractivity contribution in [1.82, 2.24) is 4.90 Å². The van der Waals surface area contributed by atoms with Gasteiger partial charge in [0.05, 0.1) is 0 Å². The van der Waals surface area contributed by atoms with E-state index in [1.165, 1.54) is 37.8 Å². The highest BCUT2D eigenvalue weighted by Crippen LogP contribution is 2.30. The number of benzene rings is 1. The van der Waals surface area contributed by atoms with Crippen LogP contribution in [0.15, 0.2) is 24.3 Å². The van der Waals surface area contributed by atoms with E-state index >= 15 is 0 Å². The predicted molar refractivity (Wildman–Crippen MR) is 82.2 cm³/mol. The first-order chi connectivity index (χ1) is 9.36. The fourth-order valence-corrected chi connectivity index (χ4v) is 3.90. The minimum Gasteiger partial charge on any atom is -0.488 e. The topological polar surface area (TPSA) is 12.5 Å². The van der Waals surface area contributed by atoms with E-state index in [2.05, 4.69) is 45.1 Å². The van der Waals surface area contributed by atoms with E-state index in [1.54, 1.807) is 0 Å². The molecule has 2 aliphatic rings. The zero-order chi connectivity index (χ0) is 13.1. The molecule has 0 saturated carbocycles. The van der Waals surface area contributed by atoms with E-state index in [0.717, 1.165) is 30.1 Å². The van der Waals surface area contributed by atoms with Crippen LogP contribution in [-0.2, 0) is 6.42 Å². The summed E-state index contributed by atoms with van der Waals surface area (Å²) in [6.07, 6.45) is 6.78. The molecule has 2 atom stereocenters. The van der Waals surface area contributed by atoms with Gasteiger partial charge in [-0.1, -0.05) is 40.5 Å².